The lowest BCUT2D eigenvalue weighted by atomic mass is 10.1. The fourth-order valence-electron chi connectivity index (χ4n) is 2.80. The van der Waals surface area contributed by atoms with Gasteiger partial charge in [-0.15, -0.1) is 11.3 Å². The van der Waals surface area contributed by atoms with Crippen LogP contribution in [0.25, 0.3) is 10.2 Å². The van der Waals surface area contributed by atoms with Gasteiger partial charge >= 0.3 is 0 Å². The van der Waals surface area contributed by atoms with Gasteiger partial charge in [0.05, 0.1) is 18.7 Å². The zero-order valence-electron chi connectivity index (χ0n) is 14.4. The van der Waals surface area contributed by atoms with Crippen molar-refractivity contribution in [3.63, 3.8) is 0 Å². The van der Waals surface area contributed by atoms with Gasteiger partial charge < -0.3 is 19.8 Å². The van der Waals surface area contributed by atoms with Gasteiger partial charge in [-0.25, -0.2) is 9.97 Å². The van der Waals surface area contributed by atoms with Crippen LogP contribution in [0.2, 0.25) is 0 Å². The summed E-state index contributed by atoms with van der Waals surface area (Å²) < 4.78 is 11.6. The summed E-state index contributed by atoms with van der Waals surface area (Å²) in [5.74, 6) is 0.463. The first-order valence-corrected chi connectivity index (χ1v) is 9.48. The summed E-state index contributed by atoms with van der Waals surface area (Å²) in [5.41, 5.74) is 1.05. The highest BCUT2D eigenvalue weighted by atomic mass is 32.1. The van der Waals surface area contributed by atoms with E-state index in [0.717, 1.165) is 25.2 Å². The van der Waals surface area contributed by atoms with Crippen molar-refractivity contribution >= 4 is 27.5 Å². The van der Waals surface area contributed by atoms with E-state index in [1.54, 1.807) is 29.8 Å². The molecule has 0 radical (unpaired) electrons. The van der Waals surface area contributed by atoms with Gasteiger partial charge in [0, 0.05) is 31.3 Å². The number of aromatic nitrogens is 3. The summed E-state index contributed by atoms with van der Waals surface area (Å²) in [6.07, 6.45) is 2.63. The van der Waals surface area contributed by atoms with Crippen LogP contribution in [-0.4, -0.2) is 40.7 Å². The molecule has 9 heteroatoms. The highest BCUT2D eigenvalue weighted by Gasteiger charge is 2.16. The van der Waals surface area contributed by atoms with Crippen LogP contribution in [0.1, 0.15) is 22.6 Å². The van der Waals surface area contributed by atoms with Crippen molar-refractivity contribution in [2.75, 3.05) is 19.8 Å². The van der Waals surface area contributed by atoms with Crippen LogP contribution in [0.5, 0.6) is 5.88 Å². The first kappa shape index (κ1) is 17.6. The molecule has 3 aromatic rings. The van der Waals surface area contributed by atoms with Gasteiger partial charge in [0.1, 0.15) is 4.70 Å². The van der Waals surface area contributed by atoms with Crippen LogP contribution in [-0.2, 0) is 11.3 Å². The van der Waals surface area contributed by atoms with Crippen LogP contribution >= 0.6 is 11.3 Å². The molecule has 27 heavy (non-hydrogen) atoms. The number of hydrogen-bond donors (Lipinski definition) is 2. The van der Waals surface area contributed by atoms with Crippen molar-refractivity contribution in [2.45, 2.75) is 13.0 Å². The molecule has 1 aliphatic rings. The Labute approximate surface area is 158 Å². The summed E-state index contributed by atoms with van der Waals surface area (Å²) in [6.45, 7) is 2.33. The first-order chi connectivity index (χ1) is 13.2. The number of ether oxygens (including phenoxy) is 2. The number of carbonyl (C=O) groups excluding carboxylic acids is 1. The fourth-order valence-corrected chi connectivity index (χ4v) is 3.53. The number of fused-ring (bicyclic) bond motifs is 1. The van der Waals surface area contributed by atoms with E-state index in [-0.39, 0.29) is 17.9 Å². The molecule has 1 fully saturated rings. The Morgan fingerprint density at radius 1 is 1.44 bits per heavy atom. The molecule has 4 rings (SSSR count). The summed E-state index contributed by atoms with van der Waals surface area (Å²) in [4.78, 5) is 35.2. The smallest absolute Gasteiger partial charge is 0.287 e. The molecule has 0 spiro atoms. The molecule has 2 N–H and O–H groups in total. The molecule has 140 valence electrons. The number of pyridine rings is 1. The lowest BCUT2D eigenvalue weighted by Crippen LogP contribution is -2.27. The molecular formula is C18H18N4O4S. The number of thiophene rings is 1. The number of nitrogens with one attached hydrogen (secondary N) is 2. The van der Waals surface area contributed by atoms with Crippen molar-refractivity contribution in [2.24, 2.45) is 5.92 Å². The minimum Gasteiger partial charge on any atom is -0.477 e. The Bertz CT molecular complexity index is 1010. The van der Waals surface area contributed by atoms with E-state index in [2.05, 4.69) is 20.3 Å². The highest BCUT2D eigenvalue weighted by Crippen LogP contribution is 2.16. The van der Waals surface area contributed by atoms with Gasteiger partial charge in [-0.05, 0) is 29.5 Å². The predicted molar refractivity (Wildman–Crippen MR) is 100 cm³/mol. The molecule has 1 aliphatic heterocycles. The number of nitrogens with zero attached hydrogens (tertiary/aromatic N) is 2. The Morgan fingerprint density at radius 2 is 2.37 bits per heavy atom. The van der Waals surface area contributed by atoms with Gasteiger partial charge in [0.15, 0.2) is 5.82 Å². The Balaban J connectivity index is 1.38. The topological polar surface area (TPSA) is 106 Å². The van der Waals surface area contributed by atoms with Crippen molar-refractivity contribution in [1.29, 1.82) is 0 Å². The van der Waals surface area contributed by atoms with Gasteiger partial charge in [-0.1, -0.05) is 0 Å². The maximum absolute atomic E-state index is 12.3. The van der Waals surface area contributed by atoms with Crippen LogP contribution < -0.4 is 15.6 Å². The van der Waals surface area contributed by atoms with Gasteiger partial charge in [0.25, 0.3) is 11.5 Å². The molecule has 3 aromatic heterocycles. The zero-order valence-corrected chi connectivity index (χ0v) is 15.3. The largest absolute Gasteiger partial charge is 0.477 e. The third-order valence-corrected chi connectivity index (χ3v) is 5.18. The van der Waals surface area contributed by atoms with Crippen LogP contribution in [0.3, 0.4) is 0 Å². The molecule has 0 saturated carbocycles. The average molecular weight is 386 g/mol. The minimum absolute atomic E-state index is 0.00216. The normalized spacial score (nSPS) is 16.5. The minimum atomic E-state index is -0.442. The van der Waals surface area contributed by atoms with Crippen LogP contribution in [0.15, 0.2) is 34.6 Å². The monoisotopic (exact) mass is 386 g/mol. The molecule has 4 heterocycles. The lowest BCUT2D eigenvalue weighted by Gasteiger charge is -2.10. The lowest BCUT2D eigenvalue weighted by molar-refractivity contribution is 0.0940. The summed E-state index contributed by atoms with van der Waals surface area (Å²) >= 11 is 1.29. The predicted octanol–water partition coefficient (Wildman–Crippen LogP) is 1.72. The zero-order chi connectivity index (χ0) is 18.6. The molecule has 1 atom stereocenters. The molecular weight excluding hydrogens is 368 g/mol. The fraction of sp³-hybridized carbons (Fsp3) is 0.333. The number of hydrogen-bond acceptors (Lipinski definition) is 7. The number of rotatable bonds is 6. The first-order valence-electron chi connectivity index (χ1n) is 8.60. The number of aromatic amines is 1. The second-order valence-electron chi connectivity index (χ2n) is 6.28. The Morgan fingerprint density at radius 3 is 3.22 bits per heavy atom. The van der Waals surface area contributed by atoms with Crippen molar-refractivity contribution < 1.29 is 14.3 Å². The second kappa shape index (κ2) is 7.85. The Hall–Kier alpha value is -2.78. The quantitative estimate of drug-likeness (QED) is 0.668. The molecule has 0 aliphatic carbocycles. The second-order valence-corrected chi connectivity index (χ2v) is 7.19. The maximum atomic E-state index is 12.3. The maximum Gasteiger partial charge on any atom is 0.287 e. The van der Waals surface area contributed by atoms with E-state index in [9.17, 15) is 9.59 Å². The standard InChI is InChI=1S/C18H18N4O4S/c23-17-15-13(3-6-27-15)21-16(22-17)18(24)20-8-11-1-4-19-14(7-11)26-10-12-2-5-25-9-12/h1,3-4,6-7,12H,2,5,8-10H2,(H,20,24)(H,21,22,23). The van der Waals surface area contributed by atoms with Gasteiger partial charge in [-0.3, -0.25) is 9.59 Å². The van der Waals surface area contributed by atoms with Crippen molar-refractivity contribution in [1.82, 2.24) is 20.3 Å². The molecule has 8 nitrogen and oxygen atoms in total. The van der Waals surface area contributed by atoms with Crippen LogP contribution in [0, 0.1) is 5.92 Å². The SMILES string of the molecule is O=C(NCc1ccnc(OCC2CCOC2)c1)c1nc2ccsc2c(=O)[nH]1. The van der Waals surface area contributed by atoms with E-state index in [1.807, 2.05) is 0 Å². The number of H-pyrrole nitrogens is 1. The van der Waals surface area contributed by atoms with E-state index in [4.69, 9.17) is 9.47 Å². The Kier molecular flexibility index (Phi) is 5.12. The molecule has 0 bridgehead atoms. The number of amides is 1. The third kappa shape index (κ3) is 4.15. The van der Waals surface area contributed by atoms with Crippen molar-refractivity contribution in [3.8, 4) is 5.88 Å². The highest BCUT2D eigenvalue weighted by molar-refractivity contribution is 7.17. The van der Waals surface area contributed by atoms with E-state index in [0.29, 0.717) is 28.6 Å². The van der Waals surface area contributed by atoms with Gasteiger partial charge in [-0.2, -0.15) is 0 Å². The average Bonchev–Trinajstić information content (AvgIpc) is 3.36. The summed E-state index contributed by atoms with van der Waals surface area (Å²) in [7, 11) is 0. The van der Waals surface area contributed by atoms with E-state index >= 15 is 0 Å². The third-order valence-electron chi connectivity index (χ3n) is 4.27. The van der Waals surface area contributed by atoms with Crippen LogP contribution in [0.4, 0.5) is 0 Å². The molecule has 1 amide bonds. The molecule has 0 aromatic carbocycles. The molecule has 1 unspecified atom stereocenters. The molecule has 1 saturated heterocycles. The van der Waals surface area contributed by atoms with Crippen molar-refractivity contribution in [3.05, 3.63) is 51.5 Å². The summed E-state index contributed by atoms with van der Waals surface area (Å²) in [6, 6.07) is 5.30. The summed E-state index contributed by atoms with van der Waals surface area (Å²) in [5, 5.41) is 4.52. The van der Waals surface area contributed by atoms with E-state index < -0.39 is 5.91 Å². The van der Waals surface area contributed by atoms with Gasteiger partial charge in [0.2, 0.25) is 5.88 Å². The van der Waals surface area contributed by atoms with E-state index in [1.165, 1.54) is 11.3 Å². The number of carbonyl (C=O) groups is 1.